The molecule has 76 valence electrons. The van der Waals surface area contributed by atoms with Crippen LogP contribution in [0.25, 0.3) is 0 Å². The molecule has 2 rings (SSSR count). The molecule has 0 amide bonds. The highest BCUT2D eigenvalue weighted by Crippen LogP contribution is 2.40. The van der Waals surface area contributed by atoms with Crippen molar-refractivity contribution in [1.82, 2.24) is 0 Å². The Morgan fingerprint density at radius 2 is 1.93 bits per heavy atom. The molecule has 2 heteroatoms. The molecular weight excluding hydrogens is 240 g/mol. The topological polar surface area (TPSA) is 20.2 Å². The molecule has 1 aromatic rings. The third-order valence-corrected chi connectivity index (χ3v) is 4.27. The summed E-state index contributed by atoms with van der Waals surface area (Å²) in [5.74, 6) is 0. The van der Waals surface area contributed by atoms with Crippen LogP contribution in [-0.4, -0.2) is 9.93 Å². The highest BCUT2D eigenvalue weighted by molar-refractivity contribution is 9.09. The number of alkyl halides is 1. The SMILES string of the molecule is O[C@]1(c2ccccc2)CCCC[C@H]1Br. The summed E-state index contributed by atoms with van der Waals surface area (Å²) in [4.78, 5) is 0.200. The molecule has 0 unspecified atom stereocenters. The van der Waals surface area contributed by atoms with Crippen LogP contribution in [0.4, 0.5) is 0 Å². The van der Waals surface area contributed by atoms with Crippen molar-refractivity contribution in [2.75, 3.05) is 0 Å². The lowest BCUT2D eigenvalue weighted by Gasteiger charge is -2.37. The summed E-state index contributed by atoms with van der Waals surface area (Å²) >= 11 is 3.60. The molecule has 0 heterocycles. The Kier molecular flexibility index (Phi) is 2.93. The van der Waals surface area contributed by atoms with Crippen LogP contribution in [0.2, 0.25) is 0 Å². The molecule has 1 aromatic carbocycles. The fourth-order valence-corrected chi connectivity index (χ4v) is 2.98. The van der Waals surface area contributed by atoms with E-state index in [2.05, 4.69) is 15.9 Å². The molecule has 1 saturated carbocycles. The first kappa shape index (κ1) is 10.2. The van der Waals surface area contributed by atoms with E-state index in [-0.39, 0.29) is 4.83 Å². The summed E-state index contributed by atoms with van der Waals surface area (Å²) < 4.78 is 0. The van der Waals surface area contributed by atoms with Crippen molar-refractivity contribution in [1.29, 1.82) is 0 Å². The summed E-state index contributed by atoms with van der Waals surface area (Å²) in [5, 5.41) is 10.6. The maximum absolute atomic E-state index is 10.6. The van der Waals surface area contributed by atoms with Crippen LogP contribution >= 0.6 is 15.9 Å². The normalized spacial score (nSPS) is 32.9. The van der Waals surface area contributed by atoms with Crippen molar-refractivity contribution in [2.45, 2.75) is 36.1 Å². The lowest BCUT2D eigenvalue weighted by Crippen LogP contribution is -2.38. The summed E-state index contributed by atoms with van der Waals surface area (Å²) in [7, 11) is 0. The first-order valence-electron chi connectivity index (χ1n) is 5.15. The van der Waals surface area contributed by atoms with Gasteiger partial charge in [-0.25, -0.2) is 0 Å². The highest BCUT2D eigenvalue weighted by atomic mass is 79.9. The lowest BCUT2D eigenvalue weighted by molar-refractivity contribution is 0.00821. The van der Waals surface area contributed by atoms with Crippen molar-refractivity contribution in [3.8, 4) is 0 Å². The van der Waals surface area contributed by atoms with E-state index in [1.54, 1.807) is 0 Å². The van der Waals surface area contributed by atoms with Gasteiger partial charge in [0.15, 0.2) is 0 Å². The molecule has 1 N–H and O–H groups in total. The van der Waals surface area contributed by atoms with Crippen LogP contribution in [-0.2, 0) is 5.60 Å². The van der Waals surface area contributed by atoms with E-state index in [0.717, 1.165) is 24.8 Å². The Morgan fingerprint density at radius 3 is 2.57 bits per heavy atom. The summed E-state index contributed by atoms with van der Waals surface area (Å²) in [6.45, 7) is 0. The first-order valence-corrected chi connectivity index (χ1v) is 6.07. The van der Waals surface area contributed by atoms with Gasteiger partial charge in [-0.15, -0.1) is 0 Å². The molecule has 1 nitrogen and oxygen atoms in total. The predicted octanol–water partition coefficient (Wildman–Crippen LogP) is 3.21. The van der Waals surface area contributed by atoms with Crippen LogP contribution < -0.4 is 0 Å². The molecule has 2 atom stereocenters. The van der Waals surface area contributed by atoms with Gasteiger partial charge in [0.25, 0.3) is 0 Å². The van der Waals surface area contributed by atoms with Crippen molar-refractivity contribution < 1.29 is 5.11 Å². The number of hydrogen-bond acceptors (Lipinski definition) is 1. The molecular formula is C12H15BrO. The molecule has 14 heavy (non-hydrogen) atoms. The van der Waals surface area contributed by atoms with E-state index in [1.807, 2.05) is 30.3 Å². The molecule has 0 saturated heterocycles. The van der Waals surface area contributed by atoms with Gasteiger partial charge in [0.2, 0.25) is 0 Å². The van der Waals surface area contributed by atoms with Crippen molar-refractivity contribution in [3.05, 3.63) is 35.9 Å². The van der Waals surface area contributed by atoms with Gasteiger partial charge in [-0.1, -0.05) is 59.1 Å². The minimum absolute atomic E-state index is 0.200. The minimum atomic E-state index is -0.653. The van der Waals surface area contributed by atoms with Crippen LogP contribution in [0, 0.1) is 0 Å². The standard InChI is InChI=1S/C12H15BrO/c13-11-8-4-5-9-12(11,14)10-6-2-1-3-7-10/h1-3,6-7,11,14H,4-5,8-9H2/t11-,12+/m1/s1. The molecule has 1 aliphatic carbocycles. The van der Waals surface area contributed by atoms with Gasteiger partial charge in [0.05, 0.1) is 0 Å². The monoisotopic (exact) mass is 254 g/mol. The smallest absolute Gasteiger partial charge is 0.102 e. The average Bonchev–Trinajstić information content (AvgIpc) is 2.24. The maximum atomic E-state index is 10.6. The van der Waals surface area contributed by atoms with Gasteiger partial charge in [0, 0.05) is 4.83 Å². The Labute approximate surface area is 93.3 Å². The van der Waals surface area contributed by atoms with E-state index in [0.29, 0.717) is 0 Å². The second-order valence-corrected chi connectivity index (χ2v) is 5.11. The molecule has 0 spiro atoms. The Morgan fingerprint density at radius 1 is 1.21 bits per heavy atom. The van der Waals surface area contributed by atoms with E-state index in [1.165, 1.54) is 6.42 Å². The third-order valence-electron chi connectivity index (χ3n) is 3.06. The van der Waals surface area contributed by atoms with Gasteiger partial charge >= 0.3 is 0 Å². The van der Waals surface area contributed by atoms with E-state index in [9.17, 15) is 5.11 Å². The van der Waals surface area contributed by atoms with Crippen molar-refractivity contribution >= 4 is 15.9 Å². The summed E-state index contributed by atoms with van der Waals surface area (Å²) in [6, 6.07) is 9.99. The van der Waals surface area contributed by atoms with Crippen molar-refractivity contribution in [2.24, 2.45) is 0 Å². The van der Waals surface area contributed by atoms with E-state index in [4.69, 9.17) is 0 Å². The van der Waals surface area contributed by atoms with Crippen LogP contribution in [0.1, 0.15) is 31.2 Å². The van der Waals surface area contributed by atoms with E-state index >= 15 is 0 Å². The fraction of sp³-hybridized carbons (Fsp3) is 0.500. The Balaban J connectivity index is 2.30. The molecule has 0 aliphatic heterocycles. The molecule has 1 fully saturated rings. The van der Waals surface area contributed by atoms with E-state index < -0.39 is 5.60 Å². The zero-order chi connectivity index (χ0) is 10.0. The number of aliphatic hydroxyl groups is 1. The van der Waals surface area contributed by atoms with Crippen molar-refractivity contribution in [3.63, 3.8) is 0 Å². The Bertz CT molecular complexity index is 298. The zero-order valence-electron chi connectivity index (χ0n) is 8.12. The number of hydrogen-bond donors (Lipinski definition) is 1. The lowest BCUT2D eigenvalue weighted by atomic mass is 9.80. The van der Waals surface area contributed by atoms with Crippen LogP contribution in [0.5, 0.6) is 0 Å². The number of benzene rings is 1. The number of rotatable bonds is 1. The summed E-state index contributed by atoms with van der Waals surface area (Å²) in [5.41, 5.74) is 0.390. The number of halogens is 1. The molecule has 0 aromatic heterocycles. The first-order chi connectivity index (χ1) is 6.73. The molecule has 0 bridgehead atoms. The van der Waals surface area contributed by atoms with Gasteiger partial charge in [-0.05, 0) is 18.4 Å². The quantitative estimate of drug-likeness (QED) is 0.764. The van der Waals surface area contributed by atoms with Gasteiger partial charge in [0.1, 0.15) is 5.60 Å². The molecule has 0 radical (unpaired) electrons. The van der Waals surface area contributed by atoms with Gasteiger partial charge < -0.3 is 5.11 Å². The summed E-state index contributed by atoms with van der Waals surface area (Å²) in [6.07, 6.45) is 4.26. The predicted molar refractivity (Wildman–Crippen MR) is 61.5 cm³/mol. The third kappa shape index (κ3) is 1.73. The average molecular weight is 255 g/mol. The van der Waals surface area contributed by atoms with Gasteiger partial charge in [-0.2, -0.15) is 0 Å². The highest BCUT2D eigenvalue weighted by Gasteiger charge is 2.38. The van der Waals surface area contributed by atoms with Gasteiger partial charge in [-0.3, -0.25) is 0 Å². The molecule has 1 aliphatic rings. The van der Waals surface area contributed by atoms with Crippen LogP contribution in [0.15, 0.2) is 30.3 Å². The Hall–Kier alpha value is -0.340. The maximum Gasteiger partial charge on any atom is 0.102 e. The zero-order valence-corrected chi connectivity index (χ0v) is 9.70. The largest absolute Gasteiger partial charge is 0.384 e. The van der Waals surface area contributed by atoms with Crippen LogP contribution in [0.3, 0.4) is 0 Å². The minimum Gasteiger partial charge on any atom is -0.384 e. The fourth-order valence-electron chi connectivity index (χ4n) is 2.17. The second kappa shape index (κ2) is 4.03. The second-order valence-electron chi connectivity index (χ2n) is 4.00.